The largest absolute Gasteiger partial charge is 0.298 e. The average Bonchev–Trinajstić information content (AvgIpc) is 2.68. The number of benzene rings is 3. The molecule has 0 atom stereocenters. The Hall–Kier alpha value is -3.33. The van der Waals surface area contributed by atoms with Gasteiger partial charge in [-0.15, -0.1) is 0 Å². The first kappa shape index (κ1) is 15.2. The molecule has 25 heavy (non-hydrogen) atoms. The van der Waals surface area contributed by atoms with Gasteiger partial charge in [0.2, 0.25) is 0 Å². The van der Waals surface area contributed by atoms with Crippen LogP contribution in [0.1, 0.15) is 16.2 Å². The van der Waals surface area contributed by atoms with Crippen LogP contribution < -0.4 is 0 Å². The highest BCUT2D eigenvalue weighted by molar-refractivity contribution is 5.95. The molecule has 0 saturated carbocycles. The van der Waals surface area contributed by atoms with Crippen LogP contribution in [0.2, 0.25) is 0 Å². The highest BCUT2D eigenvalue weighted by atomic mass is 16.1. The quantitative estimate of drug-likeness (QED) is 0.493. The lowest BCUT2D eigenvalue weighted by Crippen LogP contribution is -1.95. The van der Waals surface area contributed by atoms with Crippen molar-refractivity contribution in [1.29, 1.82) is 0 Å². The summed E-state index contributed by atoms with van der Waals surface area (Å²) in [4.78, 5) is 20.2. The minimum Gasteiger partial charge on any atom is -0.298 e. The number of hydrogen-bond acceptors (Lipinski definition) is 3. The monoisotopic (exact) mass is 324 g/mol. The Morgan fingerprint density at radius 2 is 1.44 bits per heavy atom. The molecule has 0 amide bonds. The van der Waals surface area contributed by atoms with Crippen LogP contribution in [0.15, 0.2) is 72.8 Å². The Morgan fingerprint density at radius 1 is 0.760 bits per heavy atom. The number of aromatic nitrogens is 2. The molecule has 1 heterocycles. The topological polar surface area (TPSA) is 42.9 Å². The maximum atomic E-state index is 11.1. The molecule has 3 nitrogen and oxygen atoms in total. The summed E-state index contributed by atoms with van der Waals surface area (Å²) in [6.45, 7) is 1.88. The lowest BCUT2D eigenvalue weighted by molar-refractivity contribution is 0.112. The van der Waals surface area contributed by atoms with E-state index in [9.17, 15) is 4.79 Å². The van der Waals surface area contributed by atoms with E-state index in [0.717, 1.165) is 34.0 Å². The zero-order valence-electron chi connectivity index (χ0n) is 13.8. The fourth-order valence-corrected chi connectivity index (χ4v) is 3.01. The third-order valence-corrected chi connectivity index (χ3v) is 4.23. The molecule has 3 heteroatoms. The molecule has 0 bridgehead atoms. The van der Waals surface area contributed by atoms with Crippen LogP contribution in [0.3, 0.4) is 0 Å². The minimum atomic E-state index is 0.627. The molecule has 120 valence electrons. The number of rotatable bonds is 3. The van der Waals surface area contributed by atoms with Gasteiger partial charge in [0.1, 0.15) is 12.1 Å². The first-order valence-electron chi connectivity index (χ1n) is 8.14. The predicted molar refractivity (Wildman–Crippen MR) is 101 cm³/mol. The van der Waals surface area contributed by atoms with E-state index in [4.69, 9.17) is 0 Å². The normalized spacial score (nSPS) is 10.8. The van der Waals surface area contributed by atoms with Gasteiger partial charge < -0.3 is 0 Å². The van der Waals surface area contributed by atoms with Gasteiger partial charge in [0.05, 0.1) is 11.2 Å². The molecule has 4 rings (SSSR count). The fraction of sp³-hybridized carbons (Fsp3) is 0.0455. The van der Waals surface area contributed by atoms with Crippen LogP contribution in [0.4, 0.5) is 0 Å². The van der Waals surface area contributed by atoms with Crippen molar-refractivity contribution in [3.63, 3.8) is 0 Å². The first-order valence-corrected chi connectivity index (χ1v) is 8.14. The summed E-state index contributed by atoms with van der Waals surface area (Å²) < 4.78 is 0. The second-order valence-electron chi connectivity index (χ2n) is 5.96. The summed E-state index contributed by atoms with van der Waals surface area (Å²) >= 11 is 0. The number of fused-ring (bicyclic) bond motifs is 1. The van der Waals surface area contributed by atoms with Gasteiger partial charge in [-0.1, -0.05) is 54.6 Å². The van der Waals surface area contributed by atoms with E-state index in [1.165, 1.54) is 5.56 Å². The predicted octanol–water partition coefficient (Wildman–Crippen LogP) is 5.08. The average molecular weight is 324 g/mol. The van der Waals surface area contributed by atoms with Gasteiger partial charge in [-0.3, -0.25) is 4.79 Å². The molecule has 0 fully saturated rings. The maximum Gasteiger partial charge on any atom is 0.150 e. The molecule has 0 unspecified atom stereocenters. The molecular formula is C22H16N2O. The molecule has 0 aliphatic carbocycles. The van der Waals surface area contributed by atoms with Crippen LogP contribution in [-0.4, -0.2) is 16.3 Å². The van der Waals surface area contributed by atoms with Gasteiger partial charge in [0.25, 0.3) is 0 Å². The summed E-state index contributed by atoms with van der Waals surface area (Å²) in [5.41, 5.74) is 5.68. The van der Waals surface area contributed by atoms with Crippen molar-refractivity contribution >= 4 is 17.2 Å². The van der Waals surface area contributed by atoms with Gasteiger partial charge >= 0.3 is 0 Å². The number of carbonyl (C=O) groups is 1. The van der Waals surface area contributed by atoms with E-state index in [2.05, 4.69) is 46.4 Å². The second-order valence-corrected chi connectivity index (χ2v) is 5.96. The van der Waals surface area contributed by atoms with Crippen molar-refractivity contribution in [3.8, 4) is 22.4 Å². The van der Waals surface area contributed by atoms with E-state index in [0.29, 0.717) is 11.4 Å². The lowest BCUT2D eigenvalue weighted by atomic mass is 10.0. The Bertz CT molecular complexity index is 1050. The summed E-state index contributed by atoms with van der Waals surface area (Å²) in [5.74, 6) is 0.716. The van der Waals surface area contributed by atoms with Gasteiger partial charge in [0.15, 0.2) is 0 Å². The van der Waals surface area contributed by atoms with Gasteiger partial charge in [-0.05, 0) is 36.2 Å². The van der Waals surface area contributed by atoms with Crippen molar-refractivity contribution in [1.82, 2.24) is 9.97 Å². The minimum absolute atomic E-state index is 0.627. The second kappa shape index (κ2) is 6.29. The SMILES string of the molecule is Cc1nc(-c2ccc(-c3ccccc3)cc2)c2cc(C=O)ccc2n1. The van der Waals surface area contributed by atoms with E-state index in [1.54, 1.807) is 6.07 Å². The van der Waals surface area contributed by atoms with E-state index in [1.807, 2.05) is 37.3 Å². The number of carbonyl (C=O) groups excluding carboxylic acids is 1. The van der Waals surface area contributed by atoms with Crippen molar-refractivity contribution in [2.75, 3.05) is 0 Å². The lowest BCUT2D eigenvalue weighted by Gasteiger charge is -2.09. The molecule has 4 aromatic rings. The van der Waals surface area contributed by atoms with Crippen LogP contribution in [-0.2, 0) is 0 Å². The molecule has 0 radical (unpaired) electrons. The van der Waals surface area contributed by atoms with Crippen LogP contribution >= 0.6 is 0 Å². The summed E-state index contributed by atoms with van der Waals surface area (Å²) in [5, 5.41) is 0.891. The molecule has 0 saturated heterocycles. The standard InChI is InChI=1S/C22H16N2O/c1-15-23-21-12-7-16(14-25)13-20(21)22(24-15)19-10-8-18(9-11-19)17-5-3-2-4-6-17/h2-14H,1H3. The van der Waals surface area contributed by atoms with Crippen molar-refractivity contribution in [3.05, 3.63) is 84.2 Å². The third kappa shape index (κ3) is 2.92. The van der Waals surface area contributed by atoms with Gasteiger partial charge in [0, 0.05) is 16.5 Å². The van der Waals surface area contributed by atoms with Gasteiger partial charge in [-0.2, -0.15) is 0 Å². The Morgan fingerprint density at radius 3 is 2.16 bits per heavy atom. The zero-order chi connectivity index (χ0) is 17.2. The van der Waals surface area contributed by atoms with Gasteiger partial charge in [-0.25, -0.2) is 9.97 Å². The number of aldehydes is 1. The molecule has 0 N–H and O–H groups in total. The molecular weight excluding hydrogens is 308 g/mol. The Labute approximate surface area is 146 Å². The van der Waals surface area contributed by atoms with Crippen LogP contribution in [0.5, 0.6) is 0 Å². The van der Waals surface area contributed by atoms with Crippen LogP contribution in [0, 0.1) is 6.92 Å². The summed E-state index contributed by atoms with van der Waals surface area (Å²) in [7, 11) is 0. The fourth-order valence-electron chi connectivity index (χ4n) is 3.01. The third-order valence-electron chi connectivity index (χ3n) is 4.23. The smallest absolute Gasteiger partial charge is 0.150 e. The number of nitrogens with zero attached hydrogens (tertiary/aromatic N) is 2. The zero-order valence-corrected chi connectivity index (χ0v) is 13.8. The van der Waals surface area contributed by atoms with E-state index in [-0.39, 0.29) is 0 Å². The highest BCUT2D eigenvalue weighted by Gasteiger charge is 2.09. The molecule has 3 aromatic carbocycles. The van der Waals surface area contributed by atoms with Crippen molar-refractivity contribution in [2.45, 2.75) is 6.92 Å². The maximum absolute atomic E-state index is 11.1. The Kier molecular flexibility index (Phi) is 3.82. The summed E-state index contributed by atoms with van der Waals surface area (Å²) in [6, 6.07) is 24.1. The molecule has 0 aliphatic rings. The number of aryl methyl sites for hydroxylation is 1. The first-order chi connectivity index (χ1) is 12.2. The highest BCUT2D eigenvalue weighted by Crippen LogP contribution is 2.29. The van der Waals surface area contributed by atoms with Crippen molar-refractivity contribution in [2.24, 2.45) is 0 Å². The summed E-state index contributed by atoms with van der Waals surface area (Å²) in [6.07, 6.45) is 0.849. The van der Waals surface area contributed by atoms with Crippen LogP contribution in [0.25, 0.3) is 33.3 Å². The molecule has 0 aliphatic heterocycles. The molecule has 1 aromatic heterocycles. The molecule has 0 spiro atoms. The Balaban J connectivity index is 1.85. The number of hydrogen-bond donors (Lipinski definition) is 0. The van der Waals surface area contributed by atoms with Crippen molar-refractivity contribution < 1.29 is 4.79 Å². The van der Waals surface area contributed by atoms with E-state index >= 15 is 0 Å². The van der Waals surface area contributed by atoms with E-state index < -0.39 is 0 Å².